The summed E-state index contributed by atoms with van der Waals surface area (Å²) in [6.07, 6.45) is 3.85. The second-order valence-electron chi connectivity index (χ2n) is 7.34. The fourth-order valence-corrected chi connectivity index (χ4v) is 4.65. The molecule has 3 aromatic rings. The van der Waals surface area contributed by atoms with Crippen molar-refractivity contribution < 1.29 is 13.6 Å². The monoisotopic (exact) mass is 417 g/mol. The van der Waals surface area contributed by atoms with Crippen molar-refractivity contribution in [3.63, 3.8) is 0 Å². The van der Waals surface area contributed by atoms with E-state index in [4.69, 9.17) is 5.73 Å². The lowest BCUT2D eigenvalue weighted by molar-refractivity contribution is -0.0674. The van der Waals surface area contributed by atoms with Gasteiger partial charge in [0.1, 0.15) is 6.04 Å². The summed E-state index contributed by atoms with van der Waals surface area (Å²) in [6.45, 7) is 5.82. The molecule has 0 aliphatic heterocycles. The number of aromatic nitrogens is 3. The second-order valence-corrected chi connectivity index (χ2v) is 8.39. The number of hydrogen-bond acceptors (Lipinski definition) is 5. The summed E-state index contributed by atoms with van der Waals surface area (Å²) in [7, 11) is 0. The number of nitrogens with two attached hydrogens (primary N) is 1. The Labute approximate surface area is 170 Å². The van der Waals surface area contributed by atoms with Crippen molar-refractivity contribution in [3.8, 4) is 11.3 Å². The highest BCUT2D eigenvalue weighted by molar-refractivity contribution is 7.15. The molecule has 1 amide bonds. The normalized spacial score (nSPS) is 21.2. The number of imidazole rings is 1. The molecule has 152 valence electrons. The summed E-state index contributed by atoms with van der Waals surface area (Å²) < 4.78 is 30.2. The Morgan fingerprint density at radius 3 is 3.00 bits per heavy atom. The zero-order valence-corrected chi connectivity index (χ0v) is 16.7. The van der Waals surface area contributed by atoms with Gasteiger partial charge >= 0.3 is 0 Å². The predicted octanol–water partition coefficient (Wildman–Crippen LogP) is 3.74. The van der Waals surface area contributed by atoms with Crippen LogP contribution in [0.25, 0.3) is 22.5 Å². The topological polar surface area (TPSA) is 85.3 Å². The van der Waals surface area contributed by atoms with Gasteiger partial charge < -0.3 is 11.1 Å². The molecule has 2 atom stereocenters. The molecule has 1 aliphatic rings. The Kier molecular flexibility index (Phi) is 4.95. The number of fused-ring (bicyclic) bond motifs is 1. The second kappa shape index (κ2) is 7.31. The standard InChI is InChI=1S/C20H21F2N5OS/c1-11(2)17-12(14-10-24-16-6-4-8-25-27(14)16)9-15(29-17)19(28)26-18-13(23)5-3-7-20(18,21)22/h4,6,8-10,13,18H,1,3,5,7,23H2,2H3,(H,26,28)/t13-,18+/m0/s1. The molecule has 0 unspecified atom stereocenters. The number of carbonyl (C=O) groups is 1. The van der Waals surface area contributed by atoms with E-state index in [1.54, 1.807) is 29.0 Å². The Hall–Kier alpha value is -2.65. The highest BCUT2D eigenvalue weighted by Crippen LogP contribution is 2.37. The van der Waals surface area contributed by atoms with Crippen molar-refractivity contribution in [2.24, 2.45) is 5.73 Å². The highest BCUT2D eigenvalue weighted by Gasteiger charge is 2.46. The Morgan fingerprint density at radius 2 is 2.28 bits per heavy atom. The van der Waals surface area contributed by atoms with Gasteiger partial charge in [0.15, 0.2) is 5.65 Å². The van der Waals surface area contributed by atoms with Gasteiger partial charge in [-0.2, -0.15) is 5.10 Å². The lowest BCUT2D eigenvalue weighted by Gasteiger charge is -2.36. The molecule has 1 saturated carbocycles. The molecule has 0 saturated heterocycles. The van der Waals surface area contributed by atoms with Gasteiger partial charge in [-0.15, -0.1) is 11.3 Å². The first-order chi connectivity index (χ1) is 13.8. The predicted molar refractivity (Wildman–Crippen MR) is 109 cm³/mol. The van der Waals surface area contributed by atoms with Gasteiger partial charge in [-0.3, -0.25) is 4.79 Å². The lowest BCUT2D eigenvalue weighted by Crippen LogP contribution is -2.59. The van der Waals surface area contributed by atoms with Gasteiger partial charge in [0.25, 0.3) is 11.8 Å². The molecule has 0 bridgehead atoms. The van der Waals surface area contributed by atoms with Crippen LogP contribution in [-0.4, -0.2) is 38.5 Å². The van der Waals surface area contributed by atoms with Crippen LogP contribution < -0.4 is 11.1 Å². The first-order valence-corrected chi connectivity index (χ1v) is 10.1. The van der Waals surface area contributed by atoms with Gasteiger partial charge in [0.05, 0.1) is 16.8 Å². The van der Waals surface area contributed by atoms with Crippen LogP contribution in [0.3, 0.4) is 0 Å². The SMILES string of the molecule is C=C(C)c1sc(C(=O)N[C@@H]2[C@@H](N)CCCC2(F)F)cc1-c1cnc2cccnn12. The van der Waals surface area contributed by atoms with Crippen molar-refractivity contribution in [2.75, 3.05) is 0 Å². The number of halogens is 2. The molecule has 0 spiro atoms. The molecular formula is C20H21F2N5OS. The molecule has 0 aromatic carbocycles. The maximum atomic E-state index is 14.3. The zero-order chi connectivity index (χ0) is 20.8. The smallest absolute Gasteiger partial charge is 0.269 e. The summed E-state index contributed by atoms with van der Waals surface area (Å²) in [5.74, 6) is -3.58. The molecule has 6 nitrogen and oxygen atoms in total. The summed E-state index contributed by atoms with van der Waals surface area (Å²) >= 11 is 1.21. The summed E-state index contributed by atoms with van der Waals surface area (Å²) in [5.41, 5.74) is 8.74. The Morgan fingerprint density at radius 1 is 1.48 bits per heavy atom. The molecule has 1 fully saturated rings. The Balaban J connectivity index is 1.70. The van der Waals surface area contributed by atoms with Gasteiger partial charge in [-0.1, -0.05) is 6.58 Å². The van der Waals surface area contributed by atoms with Crippen LogP contribution in [0.15, 0.2) is 37.2 Å². The largest absolute Gasteiger partial charge is 0.341 e. The van der Waals surface area contributed by atoms with E-state index in [1.165, 1.54) is 11.3 Å². The summed E-state index contributed by atoms with van der Waals surface area (Å²) in [4.78, 5) is 18.2. The van der Waals surface area contributed by atoms with E-state index < -0.39 is 23.9 Å². The van der Waals surface area contributed by atoms with E-state index in [-0.39, 0.29) is 6.42 Å². The first-order valence-electron chi connectivity index (χ1n) is 9.31. The number of amides is 1. The van der Waals surface area contributed by atoms with Crippen LogP contribution in [-0.2, 0) is 0 Å². The van der Waals surface area contributed by atoms with Crippen LogP contribution in [0.4, 0.5) is 8.78 Å². The third kappa shape index (κ3) is 3.56. The fraction of sp³-hybridized carbons (Fsp3) is 0.350. The number of allylic oxidation sites excluding steroid dienone is 1. The third-order valence-corrected chi connectivity index (χ3v) is 6.41. The van der Waals surface area contributed by atoms with Crippen LogP contribution in [0.5, 0.6) is 0 Å². The molecular weight excluding hydrogens is 396 g/mol. The van der Waals surface area contributed by atoms with Gasteiger partial charge in [0, 0.05) is 29.1 Å². The number of thiophene rings is 1. The molecule has 3 heterocycles. The Bertz CT molecular complexity index is 1090. The lowest BCUT2D eigenvalue weighted by atomic mass is 9.87. The number of nitrogens with one attached hydrogen (secondary N) is 1. The highest BCUT2D eigenvalue weighted by atomic mass is 32.1. The molecule has 29 heavy (non-hydrogen) atoms. The minimum atomic E-state index is -3.02. The van der Waals surface area contributed by atoms with Crippen molar-refractivity contribution in [3.05, 3.63) is 46.9 Å². The first kappa shape index (κ1) is 19.7. The van der Waals surface area contributed by atoms with Crippen LogP contribution in [0.2, 0.25) is 0 Å². The van der Waals surface area contributed by atoms with Crippen LogP contribution >= 0.6 is 11.3 Å². The van der Waals surface area contributed by atoms with Crippen molar-refractivity contribution in [2.45, 2.75) is 44.2 Å². The molecule has 9 heteroatoms. The number of carbonyl (C=O) groups excluding carboxylic acids is 1. The molecule has 3 N–H and O–H groups in total. The fourth-order valence-electron chi connectivity index (χ4n) is 3.66. The molecule has 1 aliphatic carbocycles. The van der Waals surface area contributed by atoms with E-state index >= 15 is 0 Å². The number of hydrogen-bond donors (Lipinski definition) is 2. The number of alkyl halides is 2. The van der Waals surface area contributed by atoms with E-state index in [1.807, 2.05) is 13.0 Å². The van der Waals surface area contributed by atoms with Gasteiger partial charge in [0.2, 0.25) is 0 Å². The van der Waals surface area contributed by atoms with Crippen molar-refractivity contribution >= 4 is 28.5 Å². The average Bonchev–Trinajstić information content (AvgIpc) is 3.28. The third-order valence-electron chi connectivity index (χ3n) is 5.11. The number of rotatable bonds is 4. The van der Waals surface area contributed by atoms with E-state index in [0.29, 0.717) is 29.1 Å². The molecule has 3 aromatic heterocycles. The summed E-state index contributed by atoms with van der Waals surface area (Å²) in [5, 5.41) is 6.77. The summed E-state index contributed by atoms with van der Waals surface area (Å²) in [6, 6.07) is 3.13. The molecule has 0 radical (unpaired) electrons. The van der Waals surface area contributed by atoms with Crippen molar-refractivity contribution in [1.82, 2.24) is 19.9 Å². The quantitative estimate of drug-likeness (QED) is 0.677. The molecule has 4 rings (SSSR count). The van der Waals surface area contributed by atoms with E-state index in [2.05, 4.69) is 22.0 Å². The van der Waals surface area contributed by atoms with E-state index in [9.17, 15) is 13.6 Å². The van der Waals surface area contributed by atoms with Crippen LogP contribution in [0, 0.1) is 0 Å². The minimum absolute atomic E-state index is 0.272. The number of nitrogens with zero attached hydrogens (tertiary/aromatic N) is 3. The maximum Gasteiger partial charge on any atom is 0.269 e. The van der Waals surface area contributed by atoms with Gasteiger partial charge in [-0.05, 0) is 43.5 Å². The van der Waals surface area contributed by atoms with Crippen molar-refractivity contribution in [1.29, 1.82) is 0 Å². The van der Waals surface area contributed by atoms with E-state index in [0.717, 1.165) is 16.0 Å². The van der Waals surface area contributed by atoms with Gasteiger partial charge in [-0.25, -0.2) is 18.3 Å². The minimum Gasteiger partial charge on any atom is -0.341 e. The van der Waals surface area contributed by atoms with Crippen LogP contribution in [0.1, 0.15) is 40.7 Å². The average molecular weight is 417 g/mol. The maximum absolute atomic E-state index is 14.3. The zero-order valence-electron chi connectivity index (χ0n) is 15.9.